The minimum Gasteiger partial charge on any atom is -0.493 e. The molecule has 0 saturated heterocycles. The van der Waals surface area contributed by atoms with Gasteiger partial charge in [0.25, 0.3) is 0 Å². The van der Waals surface area contributed by atoms with E-state index in [4.69, 9.17) is 0 Å². The van der Waals surface area contributed by atoms with E-state index < -0.39 is 0 Å². The third-order valence-electron chi connectivity index (χ3n) is 17.9. The van der Waals surface area contributed by atoms with E-state index in [1.54, 1.807) is 4.70 Å². The number of hydrogen-bond acceptors (Lipinski definition) is 0. The second-order valence-corrected chi connectivity index (χ2v) is 25.4. The van der Waals surface area contributed by atoms with Gasteiger partial charge in [0, 0.05) is 22.8 Å². The molecule has 1 heterocycles. The Labute approximate surface area is 488 Å². The largest absolute Gasteiger partial charge is 0.493 e. The van der Waals surface area contributed by atoms with Crippen LogP contribution >= 0.6 is 0 Å². The molecular weight excluding hydrogens is 941 g/mol. The molecule has 2 aromatic rings. The molecule has 0 N–H and O–H groups in total. The highest BCUT2D eigenvalue weighted by Gasteiger charge is 2.29. The molecule has 0 amide bonds. The molecule has 2 aromatic carbocycles. The van der Waals surface area contributed by atoms with E-state index in [9.17, 15) is 5.53 Å². The van der Waals surface area contributed by atoms with Crippen molar-refractivity contribution in [2.75, 3.05) is 0 Å². The van der Waals surface area contributed by atoms with Gasteiger partial charge >= 0.3 is 0 Å². The number of benzene rings is 2. The maximum atomic E-state index is 12.1. The predicted molar refractivity (Wildman–Crippen MR) is 350 cm³/mol. The number of nitrogens with zero attached hydrogens (tertiary/aromatic N) is 2. The fraction of sp³-hybridized carbons (Fsp3) is 0.789. The Morgan fingerprint density at radius 2 is 0.500 bits per heavy atom. The molecule has 3 rings (SSSR count). The first-order valence-corrected chi connectivity index (χ1v) is 35.8. The molecule has 0 aromatic heterocycles. The van der Waals surface area contributed by atoms with Gasteiger partial charge in [0.05, 0.1) is 0 Å². The maximum Gasteiger partial charge on any atom is 0.210 e. The van der Waals surface area contributed by atoms with Crippen LogP contribution in [0.2, 0.25) is 0 Å². The summed E-state index contributed by atoms with van der Waals surface area (Å²) in [5.41, 5.74) is 20.5. The first-order valence-electron chi connectivity index (χ1n) is 35.8. The van der Waals surface area contributed by atoms with Crippen LogP contribution in [0.1, 0.15) is 396 Å². The van der Waals surface area contributed by atoms with Crippen molar-refractivity contribution in [1.29, 1.82) is 0 Å². The molecule has 0 saturated carbocycles. The van der Waals surface area contributed by atoms with Crippen molar-refractivity contribution >= 4 is 11.4 Å². The lowest BCUT2D eigenvalue weighted by Crippen LogP contribution is -2.03. The molecule has 2 nitrogen and oxygen atoms in total. The lowest BCUT2D eigenvalue weighted by atomic mass is 9.98. The number of allylic oxidation sites excluding steroid dienone is 2. The Bertz CT molecular complexity index is 1710. The molecule has 2 heteroatoms. The van der Waals surface area contributed by atoms with Gasteiger partial charge in [0.1, 0.15) is 0 Å². The molecule has 78 heavy (non-hydrogen) atoms. The van der Waals surface area contributed by atoms with Gasteiger partial charge in [-0.1, -0.05) is 372 Å². The van der Waals surface area contributed by atoms with E-state index in [0.29, 0.717) is 0 Å². The summed E-state index contributed by atoms with van der Waals surface area (Å²) in [7, 11) is 0. The molecule has 0 unspecified atom stereocenters. The van der Waals surface area contributed by atoms with E-state index in [1.165, 1.54) is 369 Å². The van der Waals surface area contributed by atoms with Gasteiger partial charge < -0.3 is 5.53 Å². The maximum absolute atomic E-state index is 12.1. The van der Waals surface area contributed by atoms with E-state index in [1.807, 2.05) is 0 Å². The number of hydrogen-bond donors (Lipinski definition) is 0. The Morgan fingerprint density at radius 3 is 0.782 bits per heavy atom. The van der Waals surface area contributed by atoms with Crippen molar-refractivity contribution < 1.29 is 4.70 Å². The Balaban J connectivity index is 1.32. The highest BCUT2D eigenvalue weighted by Crippen LogP contribution is 2.38. The summed E-state index contributed by atoms with van der Waals surface area (Å²) in [5.74, 6) is 0. The van der Waals surface area contributed by atoms with Crippen molar-refractivity contribution in [3.05, 3.63) is 88.0 Å². The molecule has 0 radical (unpaired) electrons. The summed E-state index contributed by atoms with van der Waals surface area (Å²) in [4.78, 5) is 0. The normalized spacial score (nSPS) is 12.7. The lowest BCUT2D eigenvalue weighted by Gasteiger charge is -2.12. The summed E-state index contributed by atoms with van der Waals surface area (Å²) >= 11 is 0. The summed E-state index contributed by atoms with van der Waals surface area (Å²) in [6.07, 6.45) is 81.9. The van der Waals surface area contributed by atoms with Crippen LogP contribution in [0.15, 0.2) is 60.2 Å². The summed E-state index contributed by atoms with van der Waals surface area (Å²) in [6, 6.07) is 18.3. The highest BCUT2D eigenvalue weighted by molar-refractivity contribution is 5.78. The predicted octanol–water partition coefficient (Wildman–Crippen LogP) is 27.1. The second kappa shape index (κ2) is 52.6. The molecule has 0 atom stereocenters. The van der Waals surface area contributed by atoms with Crippen LogP contribution in [0.25, 0.3) is 16.9 Å². The fourth-order valence-corrected chi connectivity index (χ4v) is 12.7. The average Bonchev–Trinajstić information content (AvgIpc) is 3.89. The summed E-state index contributed by atoms with van der Waals surface area (Å²) in [5, 5.41) is 0. The number of aryl methyl sites for hydroxylation is 2. The molecule has 0 spiro atoms. The van der Waals surface area contributed by atoms with Crippen molar-refractivity contribution in [1.82, 2.24) is 0 Å². The van der Waals surface area contributed by atoms with Crippen LogP contribution in [0.5, 0.6) is 0 Å². The van der Waals surface area contributed by atoms with Gasteiger partial charge in [-0.3, -0.25) is 0 Å². The third kappa shape index (κ3) is 37.5. The Morgan fingerprint density at radius 1 is 0.269 bits per heavy atom. The van der Waals surface area contributed by atoms with Crippen LogP contribution in [0, 0.1) is 0 Å². The number of unbranched alkanes of at least 4 members (excludes halogenated alkanes) is 51. The van der Waals surface area contributed by atoms with Gasteiger partial charge in [-0.05, 0) is 73.9 Å². The zero-order chi connectivity index (χ0) is 55.3. The van der Waals surface area contributed by atoms with Gasteiger partial charge in [0.15, 0.2) is 0 Å². The minimum atomic E-state index is 0.952. The van der Waals surface area contributed by atoms with Gasteiger partial charge in [-0.2, -0.15) is 0 Å². The van der Waals surface area contributed by atoms with E-state index in [0.717, 1.165) is 36.2 Å². The monoisotopic (exact) mass is 1070 g/mol. The first kappa shape index (κ1) is 69.8. The smallest absolute Gasteiger partial charge is 0.210 e. The highest BCUT2D eigenvalue weighted by atomic mass is 15.2. The quantitative estimate of drug-likeness (QED) is 0.0466. The molecule has 1 aliphatic rings. The first-order chi connectivity index (χ1) is 38.7. The van der Waals surface area contributed by atoms with Crippen LogP contribution in [-0.2, 0) is 12.8 Å². The fourth-order valence-electron chi connectivity index (χ4n) is 12.7. The standard InChI is InChI=1S/C76H132N2/c1-4-7-10-13-16-19-22-24-26-28-30-32-34-36-38-40-42-44-46-49-52-55-60-70-62-58-65-72(67-70)75-69-74(64-57-54-51-48-21-18-15-12-9-6-3)76(78(75)77)73-66-59-63-71(68-73)61-56-53-50-47-45-43-41-39-37-35-33-31-29-27-25-23-20-17-14-11-8-5-2/h58-59,62-63,65-69H,4-57,60-61,64H2,1-3H3. The number of rotatable bonds is 59. The van der Waals surface area contributed by atoms with Crippen LogP contribution < -0.4 is 0 Å². The average molecular weight is 1070 g/mol. The molecule has 0 aliphatic carbocycles. The lowest BCUT2D eigenvalue weighted by molar-refractivity contribution is -0.344. The van der Waals surface area contributed by atoms with Crippen molar-refractivity contribution in [2.24, 2.45) is 0 Å². The Hall–Kier alpha value is -2.48. The zero-order valence-electron chi connectivity index (χ0n) is 52.9. The second-order valence-electron chi connectivity index (χ2n) is 25.4. The van der Waals surface area contributed by atoms with Gasteiger partial charge in [-0.25, -0.2) is 4.70 Å². The van der Waals surface area contributed by atoms with E-state index >= 15 is 0 Å². The van der Waals surface area contributed by atoms with Crippen molar-refractivity contribution in [2.45, 2.75) is 387 Å². The van der Waals surface area contributed by atoms with E-state index in [2.05, 4.69) is 75.4 Å². The van der Waals surface area contributed by atoms with Gasteiger partial charge in [-0.15, -0.1) is 0 Å². The molecule has 0 fully saturated rings. The molecule has 446 valence electrons. The molecular formula is C76H132N2. The minimum absolute atomic E-state index is 0.952. The van der Waals surface area contributed by atoms with E-state index in [-0.39, 0.29) is 0 Å². The third-order valence-corrected chi connectivity index (χ3v) is 17.9. The van der Waals surface area contributed by atoms with Crippen LogP contribution in [0.3, 0.4) is 0 Å². The van der Waals surface area contributed by atoms with Crippen LogP contribution in [0.4, 0.5) is 0 Å². The molecule has 0 bridgehead atoms. The van der Waals surface area contributed by atoms with Crippen molar-refractivity contribution in [3.8, 4) is 0 Å². The van der Waals surface area contributed by atoms with Gasteiger partial charge in [0.2, 0.25) is 11.4 Å². The summed E-state index contributed by atoms with van der Waals surface area (Å²) < 4.78 is 1.56. The van der Waals surface area contributed by atoms with Crippen LogP contribution in [-0.4, -0.2) is 4.70 Å². The zero-order valence-corrected chi connectivity index (χ0v) is 52.9. The van der Waals surface area contributed by atoms with Crippen molar-refractivity contribution in [3.63, 3.8) is 0 Å². The Kier molecular flexibility index (Phi) is 47.0. The SMILES string of the molecule is CCCCCCCCCCCCCCCCCCCCCCCCc1cccc(C2=CC(CCCCCCCCCCCC)=C(c3cccc(CCCCCCCCCCCCCCCCCCCCCCCC)c3)[N+]2=[N-])c1. The summed E-state index contributed by atoms with van der Waals surface area (Å²) in [6.45, 7) is 6.93. The topological polar surface area (TPSA) is 25.3 Å². The molecule has 1 aliphatic heterocycles.